The molecule has 0 fully saturated rings. The third-order valence-corrected chi connectivity index (χ3v) is 4.90. The summed E-state index contributed by atoms with van der Waals surface area (Å²) in [7, 11) is 0. The average Bonchev–Trinajstić information content (AvgIpc) is 3.29. The van der Waals surface area contributed by atoms with Gasteiger partial charge in [-0.3, -0.25) is 9.48 Å². The highest BCUT2D eigenvalue weighted by Gasteiger charge is 2.09. The summed E-state index contributed by atoms with van der Waals surface area (Å²) in [6.45, 7) is 0.393. The predicted octanol–water partition coefficient (Wildman–Crippen LogP) is 4.78. The van der Waals surface area contributed by atoms with Gasteiger partial charge in [0.15, 0.2) is 5.82 Å². The zero-order valence-corrected chi connectivity index (χ0v) is 15.7. The van der Waals surface area contributed by atoms with Gasteiger partial charge in [0.1, 0.15) is 5.82 Å². The largest absolute Gasteiger partial charge is 0.361 e. The maximum absolute atomic E-state index is 13.1. The van der Waals surface area contributed by atoms with Gasteiger partial charge in [0.25, 0.3) is 0 Å². The number of benzene rings is 2. The Labute approximate surface area is 166 Å². The van der Waals surface area contributed by atoms with Crippen molar-refractivity contribution in [3.05, 3.63) is 82.9 Å². The predicted molar refractivity (Wildman–Crippen MR) is 108 cm³/mol. The van der Waals surface area contributed by atoms with Crippen LogP contribution in [0.15, 0.2) is 60.9 Å². The number of carbonyl (C=O) groups is 1. The number of anilines is 1. The van der Waals surface area contributed by atoms with Gasteiger partial charge >= 0.3 is 0 Å². The fourth-order valence-corrected chi connectivity index (χ4v) is 3.36. The number of rotatable bonds is 6. The maximum atomic E-state index is 13.1. The van der Waals surface area contributed by atoms with Crippen molar-refractivity contribution in [2.75, 3.05) is 5.32 Å². The number of aromatic amines is 1. The Hall–Kier alpha value is -3.12. The number of halogens is 2. The number of aryl methyl sites for hydroxylation is 1. The first-order valence-corrected chi connectivity index (χ1v) is 9.28. The Morgan fingerprint density at radius 3 is 2.89 bits per heavy atom. The van der Waals surface area contributed by atoms with E-state index in [1.54, 1.807) is 23.0 Å². The van der Waals surface area contributed by atoms with Gasteiger partial charge in [0.2, 0.25) is 5.91 Å². The minimum Gasteiger partial charge on any atom is -0.361 e. The summed E-state index contributed by atoms with van der Waals surface area (Å²) in [5.41, 5.74) is 2.93. The summed E-state index contributed by atoms with van der Waals surface area (Å²) in [5, 5.41) is 8.62. The molecule has 2 heterocycles. The van der Waals surface area contributed by atoms with Crippen LogP contribution in [0.4, 0.5) is 10.2 Å². The summed E-state index contributed by atoms with van der Waals surface area (Å²) in [5.74, 6) is -0.00475. The second kappa shape index (κ2) is 7.86. The molecule has 0 bridgehead atoms. The van der Waals surface area contributed by atoms with E-state index in [2.05, 4.69) is 15.4 Å². The number of fused-ring (bicyclic) bond motifs is 1. The zero-order chi connectivity index (χ0) is 19.5. The molecule has 0 saturated carbocycles. The molecule has 0 aliphatic rings. The van der Waals surface area contributed by atoms with Crippen LogP contribution in [-0.4, -0.2) is 20.7 Å². The van der Waals surface area contributed by atoms with Gasteiger partial charge in [-0.2, -0.15) is 5.10 Å². The van der Waals surface area contributed by atoms with Crippen LogP contribution in [0, 0.1) is 5.82 Å². The van der Waals surface area contributed by atoms with Crippen molar-refractivity contribution >= 4 is 34.2 Å². The molecule has 28 heavy (non-hydrogen) atoms. The summed E-state index contributed by atoms with van der Waals surface area (Å²) in [4.78, 5) is 15.5. The fourth-order valence-electron chi connectivity index (χ4n) is 3.13. The number of amides is 1. The molecular formula is C21H18ClFN4O. The highest BCUT2D eigenvalue weighted by atomic mass is 35.5. The fraction of sp³-hybridized carbons (Fsp3) is 0.143. The number of nitrogens with one attached hydrogen (secondary N) is 2. The standard InChI is InChI=1S/C21H18ClFN4O/c22-18-11-16(23)7-5-15(18)13-27-10-9-20(26-27)25-21(28)8-6-14-12-24-19-4-2-1-3-17(14)19/h1-5,7,9-12,24H,6,8,13H2,(H,25,26,28). The van der Waals surface area contributed by atoms with Crippen LogP contribution < -0.4 is 5.32 Å². The van der Waals surface area contributed by atoms with E-state index in [9.17, 15) is 9.18 Å². The molecule has 5 nitrogen and oxygen atoms in total. The first kappa shape index (κ1) is 18.3. The number of carbonyl (C=O) groups excluding carboxylic acids is 1. The van der Waals surface area contributed by atoms with Crippen molar-refractivity contribution in [2.45, 2.75) is 19.4 Å². The van der Waals surface area contributed by atoms with E-state index in [0.717, 1.165) is 22.0 Å². The third kappa shape index (κ3) is 4.07. The average molecular weight is 397 g/mol. The minimum atomic E-state index is -0.377. The summed E-state index contributed by atoms with van der Waals surface area (Å²) < 4.78 is 14.8. The molecular weight excluding hydrogens is 379 g/mol. The Morgan fingerprint density at radius 2 is 2.04 bits per heavy atom. The second-order valence-corrected chi connectivity index (χ2v) is 6.95. The van der Waals surface area contributed by atoms with Gasteiger partial charge in [-0.05, 0) is 35.7 Å². The number of hydrogen-bond donors (Lipinski definition) is 2. The number of hydrogen-bond acceptors (Lipinski definition) is 2. The van der Waals surface area contributed by atoms with Crippen LogP contribution in [0.25, 0.3) is 10.9 Å². The third-order valence-electron chi connectivity index (χ3n) is 4.55. The molecule has 1 amide bonds. The maximum Gasteiger partial charge on any atom is 0.225 e. The molecule has 0 unspecified atom stereocenters. The van der Waals surface area contributed by atoms with E-state index in [1.165, 1.54) is 12.1 Å². The molecule has 2 aromatic heterocycles. The topological polar surface area (TPSA) is 62.7 Å². The second-order valence-electron chi connectivity index (χ2n) is 6.54. The quantitative estimate of drug-likeness (QED) is 0.492. The molecule has 4 aromatic rings. The molecule has 4 rings (SSSR count). The Balaban J connectivity index is 1.35. The minimum absolute atomic E-state index is 0.102. The van der Waals surface area contributed by atoms with E-state index in [1.807, 2.05) is 30.5 Å². The van der Waals surface area contributed by atoms with E-state index >= 15 is 0 Å². The molecule has 0 atom stereocenters. The van der Waals surface area contributed by atoms with Gasteiger partial charge in [-0.25, -0.2) is 4.39 Å². The van der Waals surface area contributed by atoms with Gasteiger partial charge in [0.05, 0.1) is 6.54 Å². The van der Waals surface area contributed by atoms with E-state index in [0.29, 0.717) is 30.2 Å². The van der Waals surface area contributed by atoms with Crippen molar-refractivity contribution in [3.63, 3.8) is 0 Å². The molecule has 0 saturated heterocycles. The van der Waals surface area contributed by atoms with Crippen LogP contribution in [0.1, 0.15) is 17.5 Å². The Morgan fingerprint density at radius 1 is 1.18 bits per heavy atom. The summed E-state index contributed by atoms with van der Waals surface area (Å²) in [6, 6.07) is 14.0. The first-order valence-electron chi connectivity index (χ1n) is 8.91. The lowest BCUT2D eigenvalue weighted by Crippen LogP contribution is -2.13. The zero-order valence-electron chi connectivity index (χ0n) is 15.0. The van der Waals surface area contributed by atoms with E-state index in [-0.39, 0.29) is 11.7 Å². The van der Waals surface area contributed by atoms with Crippen molar-refractivity contribution in [1.29, 1.82) is 0 Å². The van der Waals surface area contributed by atoms with Gasteiger partial charge < -0.3 is 10.3 Å². The van der Waals surface area contributed by atoms with Crippen molar-refractivity contribution in [3.8, 4) is 0 Å². The molecule has 7 heteroatoms. The lowest BCUT2D eigenvalue weighted by Gasteiger charge is -2.05. The summed E-state index contributed by atoms with van der Waals surface area (Å²) >= 11 is 6.05. The van der Waals surface area contributed by atoms with Crippen LogP contribution in [-0.2, 0) is 17.8 Å². The van der Waals surface area contributed by atoms with Crippen LogP contribution >= 0.6 is 11.6 Å². The van der Waals surface area contributed by atoms with E-state index in [4.69, 9.17) is 11.6 Å². The number of aromatic nitrogens is 3. The van der Waals surface area contributed by atoms with Gasteiger partial charge in [0, 0.05) is 40.8 Å². The lowest BCUT2D eigenvalue weighted by atomic mass is 10.1. The van der Waals surface area contributed by atoms with Gasteiger partial charge in [-0.15, -0.1) is 0 Å². The van der Waals surface area contributed by atoms with Crippen LogP contribution in [0.5, 0.6) is 0 Å². The first-order chi connectivity index (χ1) is 13.6. The Bertz CT molecular complexity index is 1130. The van der Waals surface area contributed by atoms with Crippen molar-refractivity contribution in [2.24, 2.45) is 0 Å². The molecule has 0 spiro atoms. The van der Waals surface area contributed by atoms with Crippen LogP contribution in [0.2, 0.25) is 5.02 Å². The summed E-state index contributed by atoms with van der Waals surface area (Å²) in [6.07, 6.45) is 4.69. The molecule has 0 aliphatic heterocycles. The SMILES string of the molecule is O=C(CCc1c[nH]c2ccccc12)Nc1ccn(Cc2ccc(F)cc2Cl)n1. The highest BCUT2D eigenvalue weighted by Crippen LogP contribution is 2.20. The molecule has 0 aliphatic carbocycles. The van der Waals surface area contributed by atoms with Gasteiger partial charge in [-0.1, -0.05) is 35.9 Å². The number of H-pyrrole nitrogens is 1. The molecule has 2 N–H and O–H groups in total. The number of para-hydroxylation sites is 1. The number of nitrogens with zero attached hydrogens (tertiary/aromatic N) is 2. The normalized spacial score (nSPS) is 11.1. The van der Waals surface area contributed by atoms with E-state index < -0.39 is 0 Å². The monoisotopic (exact) mass is 396 g/mol. The highest BCUT2D eigenvalue weighted by molar-refractivity contribution is 6.31. The molecule has 142 valence electrons. The molecule has 2 aromatic carbocycles. The van der Waals surface area contributed by atoms with Crippen LogP contribution in [0.3, 0.4) is 0 Å². The molecule has 0 radical (unpaired) electrons. The van der Waals surface area contributed by atoms with Crippen molar-refractivity contribution < 1.29 is 9.18 Å². The lowest BCUT2D eigenvalue weighted by molar-refractivity contribution is -0.116. The Kier molecular flexibility index (Phi) is 5.12. The van der Waals surface area contributed by atoms with Crippen molar-refractivity contribution in [1.82, 2.24) is 14.8 Å². The smallest absolute Gasteiger partial charge is 0.225 e.